The molecule has 1 fully saturated rings. The van der Waals surface area contributed by atoms with E-state index in [4.69, 9.17) is 4.74 Å². The fourth-order valence-electron chi connectivity index (χ4n) is 4.83. The van der Waals surface area contributed by atoms with E-state index in [0.717, 1.165) is 31.3 Å². The number of nitrogens with zero attached hydrogens (tertiary/aromatic N) is 1. The molecule has 3 aromatic carbocycles. The number of ether oxygens (including phenoxy) is 1. The monoisotopic (exact) mass is 470 g/mol. The fourth-order valence-corrected chi connectivity index (χ4v) is 4.83. The third-order valence-electron chi connectivity index (χ3n) is 6.88. The molecule has 1 N–H and O–H groups in total. The number of carbonyl (C=O) groups is 1. The van der Waals surface area contributed by atoms with Crippen LogP contribution in [0.2, 0.25) is 0 Å². The fraction of sp³-hybridized carbons (Fsp3) is 0.387. The van der Waals surface area contributed by atoms with Crippen molar-refractivity contribution in [2.45, 2.75) is 45.6 Å². The second-order valence-corrected chi connectivity index (χ2v) is 9.90. The highest BCUT2D eigenvalue weighted by Gasteiger charge is 2.19. The van der Waals surface area contributed by atoms with Crippen molar-refractivity contribution < 1.29 is 9.53 Å². The van der Waals surface area contributed by atoms with Crippen LogP contribution in [0.25, 0.3) is 0 Å². The Morgan fingerprint density at radius 2 is 1.60 bits per heavy atom. The number of piperidine rings is 1. The third kappa shape index (κ3) is 7.43. The normalized spacial score (nSPS) is 14.7. The highest BCUT2D eigenvalue weighted by atomic mass is 16.5. The summed E-state index contributed by atoms with van der Waals surface area (Å²) in [5, 5.41) is 2.97. The minimum Gasteiger partial charge on any atom is -0.491 e. The van der Waals surface area contributed by atoms with Gasteiger partial charge in [-0.1, -0.05) is 74.5 Å². The van der Waals surface area contributed by atoms with Crippen LogP contribution in [-0.2, 0) is 13.0 Å². The summed E-state index contributed by atoms with van der Waals surface area (Å²) in [6.07, 6.45) is 3.69. The molecule has 1 amide bonds. The highest BCUT2D eigenvalue weighted by Crippen LogP contribution is 2.26. The van der Waals surface area contributed by atoms with E-state index in [1.807, 2.05) is 30.3 Å². The summed E-state index contributed by atoms with van der Waals surface area (Å²) < 4.78 is 5.91. The lowest BCUT2D eigenvalue weighted by atomic mass is 9.90. The molecule has 0 radical (unpaired) electrons. The van der Waals surface area contributed by atoms with E-state index in [1.165, 1.54) is 36.0 Å². The van der Waals surface area contributed by atoms with E-state index >= 15 is 0 Å². The summed E-state index contributed by atoms with van der Waals surface area (Å²) in [6, 6.07) is 27.0. The number of likely N-dealkylation sites (tertiary alicyclic amines) is 1. The molecule has 1 aliphatic heterocycles. The van der Waals surface area contributed by atoms with Crippen LogP contribution >= 0.6 is 0 Å². The van der Waals surface area contributed by atoms with Gasteiger partial charge >= 0.3 is 0 Å². The molecule has 1 saturated heterocycles. The second kappa shape index (κ2) is 12.6. The number of benzene rings is 3. The van der Waals surface area contributed by atoms with Gasteiger partial charge in [0.15, 0.2) is 0 Å². The van der Waals surface area contributed by atoms with Gasteiger partial charge in [0, 0.05) is 12.1 Å². The van der Waals surface area contributed by atoms with Crippen molar-refractivity contribution in [3.8, 4) is 5.75 Å². The van der Waals surface area contributed by atoms with E-state index in [0.29, 0.717) is 24.6 Å². The van der Waals surface area contributed by atoms with Gasteiger partial charge in [-0.2, -0.15) is 0 Å². The van der Waals surface area contributed by atoms with Gasteiger partial charge in [-0.05, 0) is 79.1 Å². The average molecular weight is 471 g/mol. The van der Waals surface area contributed by atoms with Gasteiger partial charge in [-0.3, -0.25) is 9.69 Å². The van der Waals surface area contributed by atoms with E-state index in [-0.39, 0.29) is 5.91 Å². The smallest absolute Gasteiger partial charge is 0.251 e. The van der Waals surface area contributed by atoms with Crippen molar-refractivity contribution in [3.63, 3.8) is 0 Å². The number of rotatable bonds is 10. The summed E-state index contributed by atoms with van der Waals surface area (Å²) in [5.74, 6) is 2.02. The molecule has 4 heteroatoms. The molecular formula is C31H38N2O2. The van der Waals surface area contributed by atoms with Crippen LogP contribution in [0.4, 0.5) is 0 Å². The topological polar surface area (TPSA) is 41.6 Å². The maximum Gasteiger partial charge on any atom is 0.251 e. The number of para-hydroxylation sites is 1. The lowest BCUT2D eigenvalue weighted by molar-refractivity contribution is 0.0947. The maximum atomic E-state index is 12.5. The quantitative estimate of drug-likeness (QED) is 0.366. The van der Waals surface area contributed by atoms with Gasteiger partial charge in [-0.25, -0.2) is 0 Å². The van der Waals surface area contributed by atoms with Gasteiger partial charge in [0.25, 0.3) is 5.91 Å². The van der Waals surface area contributed by atoms with Crippen molar-refractivity contribution in [2.24, 2.45) is 5.92 Å². The molecule has 0 aliphatic carbocycles. The average Bonchev–Trinajstić information content (AvgIpc) is 2.89. The zero-order valence-electron chi connectivity index (χ0n) is 21.1. The minimum absolute atomic E-state index is 0.0565. The standard InChI is InChI=1S/C31H38N2O2/c1-24(2)29-10-6-7-11-30(29)35-21-18-32-31(34)28-14-12-27(13-15-28)23-33-19-16-26(17-20-33)22-25-8-4-3-5-9-25/h3-15,24,26H,16-23H2,1-2H3,(H,32,34). The predicted molar refractivity (Wildman–Crippen MR) is 143 cm³/mol. The van der Waals surface area contributed by atoms with Gasteiger partial charge in [-0.15, -0.1) is 0 Å². The molecule has 4 rings (SSSR count). The number of nitrogens with one attached hydrogen (secondary N) is 1. The number of hydrogen-bond acceptors (Lipinski definition) is 3. The van der Waals surface area contributed by atoms with Crippen LogP contribution in [-0.4, -0.2) is 37.0 Å². The van der Waals surface area contributed by atoms with Crippen LogP contribution in [0.15, 0.2) is 78.9 Å². The molecule has 0 bridgehead atoms. The van der Waals surface area contributed by atoms with Crippen LogP contribution in [0.5, 0.6) is 5.75 Å². The van der Waals surface area contributed by atoms with Crippen molar-refractivity contribution in [3.05, 3.63) is 101 Å². The van der Waals surface area contributed by atoms with Crippen LogP contribution in [0.3, 0.4) is 0 Å². The molecule has 0 aromatic heterocycles. The largest absolute Gasteiger partial charge is 0.491 e. The lowest BCUT2D eigenvalue weighted by Gasteiger charge is -2.32. The molecule has 4 nitrogen and oxygen atoms in total. The Bertz CT molecular complexity index is 1050. The van der Waals surface area contributed by atoms with Crippen LogP contribution in [0, 0.1) is 5.92 Å². The van der Waals surface area contributed by atoms with E-state index in [2.05, 4.69) is 72.6 Å². The molecule has 35 heavy (non-hydrogen) atoms. The Labute approximate surface area is 210 Å². The summed E-state index contributed by atoms with van der Waals surface area (Å²) in [6.45, 7) is 8.46. The Morgan fingerprint density at radius 1 is 0.914 bits per heavy atom. The number of carbonyl (C=O) groups excluding carboxylic acids is 1. The van der Waals surface area contributed by atoms with Gasteiger partial charge in [0.05, 0.1) is 6.54 Å². The molecule has 0 spiro atoms. The molecule has 0 atom stereocenters. The minimum atomic E-state index is -0.0565. The Morgan fingerprint density at radius 3 is 2.31 bits per heavy atom. The first-order valence-electron chi connectivity index (χ1n) is 12.9. The van der Waals surface area contributed by atoms with Gasteiger partial charge in [0.2, 0.25) is 0 Å². The summed E-state index contributed by atoms with van der Waals surface area (Å²) in [7, 11) is 0. The predicted octanol–water partition coefficient (Wildman–Crippen LogP) is 6.07. The van der Waals surface area contributed by atoms with Crippen molar-refractivity contribution >= 4 is 5.91 Å². The lowest BCUT2D eigenvalue weighted by Crippen LogP contribution is -2.33. The number of hydrogen-bond donors (Lipinski definition) is 1. The Kier molecular flexibility index (Phi) is 8.96. The van der Waals surface area contributed by atoms with Crippen LogP contribution in [0.1, 0.15) is 59.7 Å². The van der Waals surface area contributed by atoms with Crippen LogP contribution < -0.4 is 10.1 Å². The molecule has 0 unspecified atom stereocenters. The molecule has 0 saturated carbocycles. The van der Waals surface area contributed by atoms with Gasteiger partial charge in [0.1, 0.15) is 12.4 Å². The van der Waals surface area contributed by atoms with E-state index < -0.39 is 0 Å². The zero-order valence-corrected chi connectivity index (χ0v) is 21.1. The highest BCUT2D eigenvalue weighted by molar-refractivity contribution is 5.94. The number of amides is 1. The first-order valence-corrected chi connectivity index (χ1v) is 12.9. The maximum absolute atomic E-state index is 12.5. The summed E-state index contributed by atoms with van der Waals surface area (Å²) >= 11 is 0. The Hall–Kier alpha value is -3.11. The van der Waals surface area contributed by atoms with Gasteiger partial charge < -0.3 is 10.1 Å². The first kappa shape index (κ1) is 25.0. The second-order valence-electron chi connectivity index (χ2n) is 9.90. The first-order chi connectivity index (χ1) is 17.1. The van der Waals surface area contributed by atoms with Crippen molar-refractivity contribution in [1.82, 2.24) is 10.2 Å². The van der Waals surface area contributed by atoms with E-state index in [1.54, 1.807) is 0 Å². The molecule has 1 aliphatic rings. The molecule has 184 valence electrons. The summed E-state index contributed by atoms with van der Waals surface area (Å²) in [4.78, 5) is 15.1. The molecular weight excluding hydrogens is 432 g/mol. The SMILES string of the molecule is CC(C)c1ccccc1OCCNC(=O)c1ccc(CN2CCC(Cc3ccccc3)CC2)cc1. The zero-order chi connectivity index (χ0) is 24.5. The summed E-state index contributed by atoms with van der Waals surface area (Å²) in [5.41, 5.74) is 4.59. The van der Waals surface area contributed by atoms with Crippen molar-refractivity contribution in [1.29, 1.82) is 0 Å². The third-order valence-corrected chi connectivity index (χ3v) is 6.88. The molecule has 3 aromatic rings. The molecule has 1 heterocycles. The van der Waals surface area contributed by atoms with E-state index in [9.17, 15) is 4.79 Å². The van der Waals surface area contributed by atoms with Crippen molar-refractivity contribution in [2.75, 3.05) is 26.2 Å². The Balaban J connectivity index is 1.17.